The lowest BCUT2D eigenvalue weighted by molar-refractivity contribution is -0.116. The molecule has 98 valence electrons. The molecule has 0 aliphatic heterocycles. The summed E-state index contributed by atoms with van der Waals surface area (Å²) in [7, 11) is 0. The Balaban J connectivity index is 2.74. The molecule has 0 bridgehead atoms. The van der Waals surface area contributed by atoms with E-state index in [4.69, 9.17) is 22.4 Å². The number of hydrogen-bond donors (Lipinski definition) is 3. The Kier molecular flexibility index (Phi) is 5.12. The molecular formula is C12H15ClN2O3. The number of amides is 1. The van der Waals surface area contributed by atoms with Gasteiger partial charge in [-0.1, -0.05) is 18.5 Å². The summed E-state index contributed by atoms with van der Waals surface area (Å²) in [5, 5.41) is 11.6. The van der Waals surface area contributed by atoms with Crippen LogP contribution in [0, 0.1) is 5.92 Å². The Hall–Kier alpha value is -1.59. The minimum absolute atomic E-state index is 0.0772. The number of carbonyl (C=O) groups excluding carboxylic acids is 1. The number of nitrogens with one attached hydrogen (secondary N) is 1. The molecule has 1 aromatic rings. The lowest BCUT2D eigenvalue weighted by atomic mass is 10.1. The van der Waals surface area contributed by atoms with Crippen LogP contribution in [-0.2, 0) is 4.79 Å². The molecule has 0 heterocycles. The SMILES string of the molecule is CC(CN)CC(=O)Nc1ccc(C(=O)O)cc1Cl. The highest BCUT2D eigenvalue weighted by Crippen LogP contribution is 2.23. The number of hydrogen-bond acceptors (Lipinski definition) is 3. The van der Waals surface area contributed by atoms with Crippen molar-refractivity contribution in [3.05, 3.63) is 28.8 Å². The van der Waals surface area contributed by atoms with Crippen LogP contribution in [0.25, 0.3) is 0 Å². The average molecular weight is 271 g/mol. The van der Waals surface area contributed by atoms with Gasteiger partial charge in [0.15, 0.2) is 0 Å². The quantitative estimate of drug-likeness (QED) is 0.762. The molecule has 0 saturated carbocycles. The van der Waals surface area contributed by atoms with E-state index in [0.29, 0.717) is 18.7 Å². The third-order valence-corrected chi connectivity index (χ3v) is 2.74. The molecule has 1 atom stereocenters. The van der Waals surface area contributed by atoms with Gasteiger partial charge >= 0.3 is 5.97 Å². The van der Waals surface area contributed by atoms with Crippen LogP contribution in [0.5, 0.6) is 0 Å². The maximum absolute atomic E-state index is 11.6. The summed E-state index contributed by atoms with van der Waals surface area (Å²) in [6.45, 7) is 2.30. The Labute approximate surface area is 110 Å². The number of carbonyl (C=O) groups is 2. The van der Waals surface area contributed by atoms with Gasteiger partial charge in [-0.3, -0.25) is 4.79 Å². The molecular weight excluding hydrogens is 256 g/mol. The van der Waals surface area contributed by atoms with Crippen molar-refractivity contribution in [1.29, 1.82) is 0 Å². The molecule has 18 heavy (non-hydrogen) atoms. The Bertz CT molecular complexity index is 463. The zero-order valence-electron chi connectivity index (χ0n) is 9.94. The summed E-state index contributed by atoms with van der Waals surface area (Å²) in [4.78, 5) is 22.3. The van der Waals surface area contributed by atoms with Crippen molar-refractivity contribution in [1.82, 2.24) is 0 Å². The normalized spacial score (nSPS) is 11.9. The van der Waals surface area contributed by atoms with Crippen molar-refractivity contribution < 1.29 is 14.7 Å². The first-order valence-electron chi connectivity index (χ1n) is 5.46. The fourth-order valence-electron chi connectivity index (χ4n) is 1.35. The van der Waals surface area contributed by atoms with Crippen molar-refractivity contribution >= 4 is 29.2 Å². The van der Waals surface area contributed by atoms with Crippen molar-refractivity contribution in [2.45, 2.75) is 13.3 Å². The first-order chi connectivity index (χ1) is 8.43. The predicted octanol–water partition coefficient (Wildman–Crippen LogP) is 1.96. The number of halogens is 1. The first-order valence-corrected chi connectivity index (χ1v) is 5.84. The molecule has 0 aliphatic carbocycles. The van der Waals surface area contributed by atoms with E-state index in [1.54, 1.807) is 0 Å². The van der Waals surface area contributed by atoms with E-state index in [1.165, 1.54) is 18.2 Å². The largest absolute Gasteiger partial charge is 0.478 e. The summed E-state index contributed by atoms with van der Waals surface area (Å²) in [6.07, 6.45) is 0.299. The van der Waals surface area contributed by atoms with Gasteiger partial charge in [-0.2, -0.15) is 0 Å². The second-order valence-electron chi connectivity index (χ2n) is 4.09. The molecule has 6 heteroatoms. The van der Waals surface area contributed by atoms with Gasteiger partial charge in [0.1, 0.15) is 0 Å². The number of nitrogens with two attached hydrogens (primary N) is 1. The minimum Gasteiger partial charge on any atom is -0.478 e. The molecule has 0 aliphatic rings. The monoisotopic (exact) mass is 270 g/mol. The zero-order chi connectivity index (χ0) is 13.7. The van der Waals surface area contributed by atoms with Crippen LogP contribution in [0.3, 0.4) is 0 Å². The van der Waals surface area contributed by atoms with Crippen LogP contribution < -0.4 is 11.1 Å². The lowest BCUT2D eigenvalue weighted by Crippen LogP contribution is -2.20. The molecule has 0 saturated heterocycles. The number of anilines is 1. The lowest BCUT2D eigenvalue weighted by Gasteiger charge is -2.10. The summed E-state index contributed by atoms with van der Waals surface area (Å²) in [5.41, 5.74) is 5.90. The third kappa shape index (κ3) is 4.01. The fraction of sp³-hybridized carbons (Fsp3) is 0.333. The van der Waals surface area contributed by atoms with Crippen molar-refractivity contribution in [3.8, 4) is 0 Å². The smallest absolute Gasteiger partial charge is 0.335 e. The molecule has 1 unspecified atom stereocenters. The number of rotatable bonds is 5. The maximum atomic E-state index is 11.6. The van der Waals surface area contributed by atoms with Crippen LogP contribution >= 0.6 is 11.6 Å². The van der Waals surface area contributed by atoms with Crippen LogP contribution in [0.2, 0.25) is 5.02 Å². The first kappa shape index (κ1) is 14.5. The average Bonchev–Trinajstić information content (AvgIpc) is 2.31. The highest BCUT2D eigenvalue weighted by atomic mass is 35.5. The minimum atomic E-state index is -1.06. The van der Waals surface area contributed by atoms with Crippen molar-refractivity contribution in [2.24, 2.45) is 11.7 Å². The second kappa shape index (κ2) is 6.37. The van der Waals surface area contributed by atoms with E-state index in [9.17, 15) is 9.59 Å². The number of aromatic carboxylic acids is 1. The van der Waals surface area contributed by atoms with Gasteiger partial charge in [-0.15, -0.1) is 0 Å². The maximum Gasteiger partial charge on any atom is 0.335 e. The highest BCUT2D eigenvalue weighted by Gasteiger charge is 2.11. The van der Waals surface area contributed by atoms with Gasteiger partial charge < -0.3 is 16.2 Å². The molecule has 0 aromatic heterocycles. The molecule has 5 nitrogen and oxygen atoms in total. The van der Waals surface area contributed by atoms with Crippen LogP contribution in [-0.4, -0.2) is 23.5 Å². The number of benzene rings is 1. The van der Waals surface area contributed by atoms with Crippen LogP contribution in [0.15, 0.2) is 18.2 Å². The van der Waals surface area contributed by atoms with E-state index in [-0.39, 0.29) is 22.4 Å². The van der Waals surface area contributed by atoms with Gasteiger partial charge in [0.05, 0.1) is 16.3 Å². The molecule has 1 rings (SSSR count). The topological polar surface area (TPSA) is 92.4 Å². The summed E-state index contributed by atoms with van der Waals surface area (Å²) >= 11 is 5.89. The van der Waals surface area contributed by atoms with Crippen LogP contribution in [0.4, 0.5) is 5.69 Å². The molecule has 1 aromatic carbocycles. The van der Waals surface area contributed by atoms with E-state index >= 15 is 0 Å². The summed E-state index contributed by atoms with van der Waals surface area (Å²) in [5.74, 6) is -1.17. The van der Waals surface area contributed by atoms with Gasteiger partial charge in [-0.25, -0.2) is 4.79 Å². The van der Waals surface area contributed by atoms with Gasteiger partial charge in [0, 0.05) is 6.42 Å². The molecule has 0 spiro atoms. The van der Waals surface area contributed by atoms with E-state index < -0.39 is 5.97 Å². The van der Waals surface area contributed by atoms with E-state index in [2.05, 4.69) is 5.32 Å². The molecule has 0 radical (unpaired) electrons. The molecule has 1 amide bonds. The van der Waals surface area contributed by atoms with Gasteiger partial charge in [0.2, 0.25) is 5.91 Å². The highest BCUT2D eigenvalue weighted by molar-refractivity contribution is 6.34. The molecule has 0 fully saturated rings. The van der Waals surface area contributed by atoms with Crippen molar-refractivity contribution in [3.63, 3.8) is 0 Å². The number of carboxylic acids is 1. The predicted molar refractivity (Wildman–Crippen MR) is 69.9 cm³/mol. The van der Waals surface area contributed by atoms with E-state index in [0.717, 1.165) is 0 Å². The van der Waals surface area contributed by atoms with Crippen molar-refractivity contribution in [2.75, 3.05) is 11.9 Å². The number of carboxylic acid groups (broad SMARTS) is 1. The van der Waals surface area contributed by atoms with Gasteiger partial charge in [-0.05, 0) is 30.7 Å². The standard InChI is InChI=1S/C12H15ClN2O3/c1-7(6-14)4-11(16)15-10-3-2-8(12(17)18)5-9(10)13/h2-3,5,7H,4,6,14H2,1H3,(H,15,16)(H,17,18). The Morgan fingerprint density at radius 1 is 1.50 bits per heavy atom. The Morgan fingerprint density at radius 3 is 2.67 bits per heavy atom. The summed E-state index contributed by atoms with van der Waals surface area (Å²) in [6, 6.07) is 4.15. The molecule has 4 N–H and O–H groups in total. The van der Waals surface area contributed by atoms with Crippen LogP contribution in [0.1, 0.15) is 23.7 Å². The zero-order valence-corrected chi connectivity index (χ0v) is 10.7. The van der Waals surface area contributed by atoms with Gasteiger partial charge in [0.25, 0.3) is 0 Å². The fourth-order valence-corrected chi connectivity index (χ4v) is 1.58. The summed E-state index contributed by atoms with van der Waals surface area (Å²) < 4.78 is 0. The Morgan fingerprint density at radius 2 is 2.17 bits per heavy atom. The third-order valence-electron chi connectivity index (χ3n) is 2.43. The van der Waals surface area contributed by atoms with E-state index in [1.807, 2.05) is 6.92 Å². The second-order valence-corrected chi connectivity index (χ2v) is 4.50.